The first-order chi connectivity index (χ1) is 12.1. The van der Waals surface area contributed by atoms with Gasteiger partial charge < -0.3 is 10.6 Å². The van der Waals surface area contributed by atoms with Gasteiger partial charge in [0.05, 0.1) is 5.69 Å². The Hall–Kier alpha value is -1.93. The van der Waals surface area contributed by atoms with Gasteiger partial charge in [0.1, 0.15) is 0 Å². The number of nitrogens with zero attached hydrogens (tertiary/aromatic N) is 3. The van der Waals surface area contributed by atoms with Crippen LogP contribution in [0.25, 0.3) is 0 Å². The summed E-state index contributed by atoms with van der Waals surface area (Å²) in [5.74, 6) is -0.243. The Kier molecular flexibility index (Phi) is 6.41. The summed E-state index contributed by atoms with van der Waals surface area (Å²) in [5, 5.41) is 3.94. The molecule has 7 nitrogen and oxygen atoms in total. The van der Waals surface area contributed by atoms with Crippen molar-refractivity contribution in [1.29, 1.82) is 0 Å². The lowest BCUT2D eigenvalue weighted by Crippen LogP contribution is -2.44. The van der Waals surface area contributed by atoms with Gasteiger partial charge in [0, 0.05) is 35.2 Å². The predicted octanol–water partition coefficient (Wildman–Crippen LogP) is 2.60. The zero-order valence-electron chi connectivity index (χ0n) is 15.8. The molecule has 2 rings (SSSR count). The molecule has 0 aliphatic carbocycles. The molecule has 0 aromatic heterocycles. The van der Waals surface area contributed by atoms with E-state index >= 15 is 0 Å². The summed E-state index contributed by atoms with van der Waals surface area (Å²) < 4.78 is 0.825. The highest BCUT2D eigenvalue weighted by Crippen LogP contribution is 2.37. The van der Waals surface area contributed by atoms with Crippen LogP contribution in [0.3, 0.4) is 0 Å². The van der Waals surface area contributed by atoms with Crippen molar-refractivity contribution in [3.8, 4) is 0 Å². The highest BCUT2D eigenvalue weighted by Gasteiger charge is 2.36. The lowest BCUT2D eigenvalue weighted by Gasteiger charge is -2.32. The molecule has 0 bridgehead atoms. The second kappa shape index (κ2) is 8.18. The lowest BCUT2D eigenvalue weighted by molar-refractivity contribution is -0.112. The van der Waals surface area contributed by atoms with E-state index in [9.17, 15) is 9.59 Å². The Balaban J connectivity index is 2.38. The second-order valence-corrected chi connectivity index (χ2v) is 7.82. The van der Waals surface area contributed by atoms with Gasteiger partial charge in [-0.2, -0.15) is 5.10 Å². The molecule has 0 fully saturated rings. The highest BCUT2D eigenvalue weighted by atomic mass is 79.9. The molecular formula is C18H26BrN5O2. The topological polar surface area (TPSA) is 91.0 Å². The number of fused-ring (bicyclic) bond motifs is 1. The van der Waals surface area contributed by atoms with E-state index in [0.717, 1.165) is 22.3 Å². The Morgan fingerprint density at radius 1 is 1.31 bits per heavy atom. The minimum atomic E-state index is -0.803. The number of halogens is 1. The van der Waals surface area contributed by atoms with E-state index in [1.165, 1.54) is 0 Å². The molecule has 8 heteroatoms. The predicted molar refractivity (Wildman–Crippen MR) is 107 cm³/mol. The fourth-order valence-corrected chi connectivity index (χ4v) is 4.08. The molecule has 1 aliphatic rings. The molecule has 0 saturated carbocycles. The van der Waals surface area contributed by atoms with Crippen LogP contribution in [-0.2, 0) is 4.79 Å². The quantitative estimate of drug-likeness (QED) is 0.688. The van der Waals surface area contributed by atoms with Crippen molar-refractivity contribution in [3.05, 3.63) is 27.7 Å². The third-order valence-corrected chi connectivity index (χ3v) is 4.97. The lowest BCUT2D eigenvalue weighted by atomic mass is 10.1. The van der Waals surface area contributed by atoms with Crippen molar-refractivity contribution < 1.29 is 9.59 Å². The molecule has 0 unspecified atom stereocenters. The number of urea groups is 1. The van der Waals surface area contributed by atoms with Crippen molar-refractivity contribution in [1.82, 2.24) is 10.3 Å². The molecule has 0 saturated heterocycles. The molecule has 3 N–H and O–H groups in total. The van der Waals surface area contributed by atoms with Crippen molar-refractivity contribution in [2.24, 2.45) is 10.8 Å². The normalized spacial score (nSPS) is 15.5. The zero-order chi connectivity index (χ0) is 19.6. The molecule has 1 aromatic carbocycles. The molecule has 1 aromatic rings. The molecule has 0 spiro atoms. The number of benzene rings is 1. The number of amides is 3. The largest absolute Gasteiger partial charge is 0.350 e. The summed E-state index contributed by atoms with van der Waals surface area (Å²) in [5.41, 5.74) is 9.92. The van der Waals surface area contributed by atoms with Crippen LogP contribution in [0.15, 0.2) is 21.7 Å². The maximum Gasteiger partial charge on any atom is 0.332 e. The van der Waals surface area contributed by atoms with Crippen molar-refractivity contribution in [2.75, 3.05) is 18.0 Å². The van der Waals surface area contributed by atoms with E-state index in [0.29, 0.717) is 24.2 Å². The van der Waals surface area contributed by atoms with Crippen LogP contribution in [0.2, 0.25) is 0 Å². The average molecular weight is 424 g/mol. The molecule has 26 heavy (non-hydrogen) atoms. The van der Waals surface area contributed by atoms with Gasteiger partial charge in [0.15, 0.2) is 5.71 Å². The molecule has 142 valence electrons. The maximum atomic E-state index is 13.0. The van der Waals surface area contributed by atoms with Crippen molar-refractivity contribution in [2.45, 2.75) is 46.7 Å². The van der Waals surface area contributed by atoms with Crippen LogP contribution in [0.5, 0.6) is 0 Å². The summed E-state index contributed by atoms with van der Waals surface area (Å²) >= 11 is 3.56. The number of rotatable bonds is 6. The number of anilines is 1. The van der Waals surface area contributed by atoms with Crippen LogP contribution >= 0.6 is 15.9 Å². The summed E-state index contributed by atoms with van der Waals surface area (Å²) in [6.45, 7) is 11.8. The summed E-state index contributed by atoms with van der Waals surface area (Å²) in [6.07, 6.45) is 0. The molecular weight excluding hydrogens is 398 g/mol. The van der Waals surface area contributed by atoms with Crippen LogP contribution in [0.1, 0.15) is 38.8 Å². The van der Waals surface area contributed by atoms with Crippen molar-refractivity contribution >= 4 is 39.3 Å². The Bertz CT molecular complexity index is 737. The molecule has 0 atom stereocenters. The van der Waals surface area contributed by atoms with Gasteiger partial charge in [-0.15, -0.1) is 0 Å². The Labute approximate surface area is 162 Å². The van der Waals surface area contributed by atoms with Crippen molar-refractivity contribution in [3.63, 3.8) is 0 Å². The number of hydrogen-bond acceptors (Lipinski definition) is 4. The van der Waals surface area contributed by atoms with E-state index in [1.54, 1.807) is 4.90 Å². The molecule has 0 radical (unpaired) electrons. The van der Waals surface area contributed by atoms with Gasteiger partial charge in [-0.3, -0.25) is 9.69 Å². The van der Waals surface area contributed by atoms with Crippen LogP contribution in [0.4, 0.5) is 10.5 Å². The SMILES string of the molecule is Cc1cc(Br)c2c(c1)/C(=N\NC(N)=O)C(=O)N2CCN(C(C)C)C(C)C. The Morgan fingerprint density at radius 2 is 1.92 bits per heavy atom. The van der Waals surface area contributed by atoms with Crippen LogP contribution in [0, 0.1) is 6.92 Å². The van der Waals surface area contributed by atoms with E-state index in [1.807, 2.05) is 19.1 Å². The fraction of sp³-hybridized carbons (Fsp3) is 0.500. The van der Waals surface area contributed by atoms with Gasteiger partial charge in [-0.05, 0) is 68.2 Å². The number of hydrogen-bond donors (Lipinski definition) is 2. The number of carbonyl (C=O) groups is 2. The maximum absolute atomic E-state index is 13.0. The van der Waals surface area contributed by atoms with E-state index < -0.39 is 6.03 Å². The third-order valence-electron chi connectivity index (χ3n) is 4.37. The summed E-state index contributed by atoms with van der Waals surface area (Å²) in [4.78, 5) is 28.0. The minimum absolute atomic E-state index is 0.198. The van der Waals surface area contributed by atoms with Gasteiger partial charge in [0.2, 0.25) is 0 Å². The number of aryl methyl sites for hydroxylation is 1. The first-order valence-corrected chi connectivity index (χ1v) is 9.44. The molecule has 1 heterocycles. The number of hydrazone groups is 1. The minimum Gasteiger partial charge on any atom is -0.350 e. The standard InChI is InChI=1S/C18H26BrN5O2/c1-10(2)23(11(3)4)6-7-24-16-13(8-12(5)9-14(16)19)15(17(24)25)21-22-18(20)26/h8-11H,6-7H2,1-5H3,(H3,20,22,26)/b21-15+. The average Bonchev–Trinajstić information content (AvgIpc) is 2.76. The van der Waals surface area contributed by atoms with Gasteiger partial charge in [-0.25, -0.2) is 10.2 Å². The fourth-order valence-electron chi connectivity index (χ4n) is 3.29. The van der Waals surface area contributed by atoms with Crippen LogP contribution in [-0.4, -0.2) is 47.7 Å². The Morgan fingerprint density at radius 3 is 2.46 bits per heavy atom. The smallest absolute Gasteiger partial charge is 0.332 e. The van der Waals surface area contributed by atoms with Gasteiger partial charge in [-0.1, -0.05) is 0 Å². The first-order valence-electron chi connectivity index (χ1n) is 8.64. The first kappa shape index (κ1) is 20.4. The number of primary amides is 1. The van der Waals surface area contributed by atoms with Gasteiger partial charge in [0.25, 0.3) is 5.91 Å². The van der Waals surface area contributed by atoms with E-state index in [4.69, 9.17) is 5.73 Å². The highest BCUT2D eigenvalue weighted by molar-refractivity contribution is 9.10. The monoisotopic (exact) mass is 423 g/mol. The second-order valence-electron chi connectivity index (χ2n) is 6.96. The number of carbonyl (C=O) groups excluding carboxylic acids is 2. The van der Waals surface area contributed by atoms with E-state index in [2.05, 4.69) is 59.1 Å². The molecule has 1 aliphatic heterocycles. The van der Waals surface area contributed by atoms with E-state index in [-0.39, 0.29) is 11.6 Å². The molecule has 3 amide bonds. The third kappa shape index (κ3) is 4.24. The summed E-state index contributed by atoms with van der Waals surface area (Å²) in [7, 11) is 0. The number of nitrogens with two attached hydrogens (primary N) is 1. The summed E-state index contributed by atoms with van der Waals surface area (Å²) in [6, 6.07) is 3.80. The zero-order valence-corrected chi connectivity index (χ0v) is 17.4. The number of nitrogens with one attached hydrogen (secondary N) is 1. The van der Waals surface area contributed by atoms with Crippen LogP contribution < -0.4 is 16.1 Å². The van der Waals surface area contributed by atoms with Gasteiger partial charge >= 0.3 is 6.03 Å².